The Balaban J connectivity index is 1.61. The van der Waals surface area contributed by atoms with Crippen LogP contribution in [0, 0.1) is 5.92 Å². The van der Waals surface area contributed by atoms with E-state index in [9.17, 15) is 4.79 Å². The number of aryl methyl sites for hydroxylation is 1. The van der Waals surface area contributed by atoms with Gasteiger partial charge in [0.05, 0.1) is 13.0 Å². The average Bonchev–Trinajstić information content (AvgIpc) is 3.27. The van der Waals surface area contributed by atoms with Gasteiger partial charge in [-0.25, -0.2) is 0 Å². The highest BCUT2D eigenvalue weighted by Crippen LogP contribution is 2.33. The molecule has 1 fully saturated rings. The van der Waals surface area contributed by atoms with Gasteiger partial charge in [-0.1, -0.05) is 37.1 Å². The van der Waals surface area contributed by atoms with Crippen LogP contribution >= 0.6 is 0 Å². The predicted molar refractivity (Wildman–Crippen MR) is 80.4 cm³/mol. The maximum absolute atomic E-state index is 11.2. The van der Waals surface area contributed by atoms with E-state index in [1.165, 1.54) is 36.8 Å². The van der Waals surface area contributed by atoms with Crippen molar-refractivity contribution in [2.24, 2.45) is 5.92 Å². The molecule has 0 saturated heterocycles. The van der Waals surface area contributed by atoms with Gasteiger partial charge in [-0.3, -0.25) is 4.79 Å². The molecule has 0 spiro atoms. The van der Waals surface area contributed by atoms with E-state index >= 15 is 0 Å². The molecule has 0 aliphatic heterocycles. The summed E-state index contributed by atoms with van der Waals surface area (Å²) in [6.45, 7) is 3.77. The summed E-state index contributed by atoms with van der Waals surface area (Å²) in [5.41, 5.74) is 2.70. The van der Waals surface area contributed by atoms with Crippen LogP contribution in [-0.2, 0) is 22.5 Å². The molecular weight excluding hydrogens is 250 g/mol. The lowest BCUT2D eigenvalue weighted by atomic mass is 10.1. The Bertz CT molecular complexity index is 410. The number of rotatable bonds is 9. The lowest BCUT2D eigenvalue weighted by Crippen LogP contribution is -2.19. The van der Waals surface area contributed by atoms with Gasteiger partial charge < -0.3 is 10.1 Å². The minimum atomic E-state index is -0.129. The molecule has 0 aromatic heterocycles. The molecule has 1 aromatic carbocycles. The number of carbonyl (C=O) groups excluding carboxylic acids is 1. The monoisotopic (exact) mass is 275 g/mol. The van der Waals surface area contributed by atoms with Gasteiger partial charge in [-0.05, 0) is 36.8 Å². The maximum atomic E-state index is 11.2. The fourth-order valence-corrected chi connectivity index (χ4v) is 2.26. The first kappa shape index (κ1) is 15.0. The van der Waals surface area contributed by atoms with Crippen LogP contribution in [0.2, 0.25) is 0 Å². The summed E-state index contributed by atoms with van der Waals surface area (Å²) in [6.07, 6.45) is 5.86. The molecule has 0 bridgehead atoms. The molecule has 3 nitrogen and oxygen atoms in total. The normalized spacial score (nSPS) is 14.2. The fraction of sp³-hybridized carbons (Fsp3) is 0.588. The zero-order valence-electron chi connectivity index (χ0n) is 12.4. The molecule has 20 heavy (non-hydrogen) atoms. The minimum absolute atomic E-state index is 0.129. The van der Waals surface area contributed by atoms with E-state index in [1.54, 1.807) is 0 Å². The first-order valence-corrected chi connectivity index (χ1v) is 7.72. The van der Waals surface area contributed by atoms with Crippen LogP contribution in [0.1, 0.15) is 43.7 Å². The summed E-state index contributed by atoms with van der Waals surface area (Å²) in [7, 11) is 0. The molecule has 1 aliphatic carbocycles. The first-order valence-electron chi connectivity index (χ1n) is 7.72. The molecule has 110 valence electrons. The van der Waals surface area contributed by atoms with E-state index in [0.717, 1.165) is 12.5 Å². The zero-order chi connectivity index (χ0) is 14.2. The highest BCUT2D eigenvalue weighted by molar-refractivity contribution is 5.69. The van der Waals surface area contributed by atoms with E-state index < -0.39 is 0 Å². The molecule has 0 heterocycles. The van der Waals surface area contributed by atoms with E-state index in [4.69, 9.17) is 4.74 Å². The largest absolute Gasteiger partial charge is 0.466 e. The quantitative estimate of drug-likeness (QED) is 0.556. The molecule has 0 radical (unpaired) electrons. The fourth-order valence-electron chi connectivity index (χ4n) is 2.26. The Morgan fingerprint density at radius 3 is 2.60 bits per heavy atom. The second kappa shape index (κ2) is 8.05. The molecule has 3 heteroatoms. The summed E-state index contributed by atoms with van der Waals surface area (Å²) in [6, 6.07) is 8.81. The Kier molecular flexibility index (Phi) is 6.06. The van der Waals surface area contributed by atoms with Crippen LogP contribution in [0.15, 0.2) is 24.3 Å². The smallest absolute Gasteiger partial charge is 0.307 e. The lowest BCUT2D eigenvalue weighted by Gasteiger charge is -2.06. The van der Waals surface area contributed by atoms with Crippen molar-refractivity contribution in [2.45, 2.75) is 45.6 Å². The molecule has 1 aromatic rings. The number of ether oxygens (including phenoxy) is 1. The van der Waals surface area contributed by atoms with E-state index in [-0.39, 0.29) is 5.97 Å². The maximum Gasteiger partial charge on any atom is 0.307 e. The standard InChI is InChI=1S/C17H25NO2/c1-2-20-17(19)11-12-18-13-16-9-7-15(8-10-16)6-5-14-3-4-14/h7-10,14,18H,2-6,11-13H2,1H3. The van der Waals surface area contributed by atoms with Crippen molar-refractivity contribution in [2.75, 3.05) is 13.2 Å². The highest BCUT2D eigenvalue weighted by atomic mass is 16.5. The highest BCUT2D eigenvalue weighted by Gasteiger charge is 2.20. The molecule has 1 N–H and O–H groups in total. The van der Waals surface area contributed by atoms with Gasteiger partial charge in [0.1, 0.15) is 0 Å². The first-order chi connectivity index (χ1) is 9.78. The van der Waals surface area contributed by atoms with Crippen molar-refractivity contribution >= 4 is 5.97 Å². The molecule has 2 rings (SSSR count). The van der Waals surface area contributed by atoms with Crippen molar-refractivity contribution < 1.29 is 9.53 Å². The van der Waals surface area contributed by atoms with Crippen molar-refractivity contribution in [3.8, 4) is 0 Å². The van der Waals surface area contributed by atoms with Gasteiger partial charge in [-0.2, -0.15) is 0 Å². The number of benzene rings is 1. The number of hydrogen-bond donors (Lipinski definition) is 1. The van der Waals surface area contributed by atoms with E-state index in [0.29, 0.717) is 19.6 Å². The molecule has 1 aliphatic rings. The Hall–Kier alpha value is -1.35. The van der Waals surface area contributed by atoms with Crippen molar-refractivity contribution in [1.82, 2.24) is 5.32 Å². The topological polar surface area (TPSA) is 38.3 Å². The Labute approximate surface area is 121 Å². The van der Waals surface area contributed by atoms with Gasteiger partial charge in [0.2, 0.25) is 0 Å². The van der Waals surface area contributed by atoms with Crippen LogP contribution in [0.3, 0.4) is 0 Å². The molecular formula is C17H25NO2. The van der Waals surface area contributed by atoms with Crippen LogP contribution < -0.4 is 5.32 Å². The second-order valence-electron chi connectivity index (χ2n) is 5.53. The van der Waals surface area contributed by atoms with Crippen LogP contribution in [0.25, 0.3) is 0 Å². The Morgan fingerprint density at radius 2 is 1.95 bits per heavy atom. The van der Waals surface area contributed by atoms with E-state index in [1.807, 2.05) is 6.92 Å². The second-order valence-corrected chi connectivity index (χ2v) is 5.53. The number of nitrogens with one attached hydrogen (secondary N) is 1. The van der Waals surface area contributed by atoms with Crippen molar-refractivity contribution in [1.29, 1.82) is 0 Å². The third-order valence-corrected chi connectivity index (χ3v) is 3.70. The van der Waals surface area contributed by atoms with Gasteiger partial charge in [0.25, 0.3) is 0 Å². The summed E-state index contributed by atoms with van der Waals surface area (Å²) >= 11 is 0. The Morgan fingerprint density at radius 1 is 1.25 bits per heavy atom. The van der Waals surface area contributed by atoms with Gasteiger partial charge in [0.15, 0.2) is 0 Å². The summed E-state index contributed by atoms with van der Waals surface area (Å²) < 4.78 is 4.88. The third-order valence-electron chi connectivity index (χ3n) is 3.70. The molecule has 0 atom stereocenters. The summed E-state index contributed by atoms with van der Waals surface area (Å²) in [5.74, 6) is 0.870. The lowest BCUT2D eigenvalue weighted by molar-refractivity contribution is -0.142. The van der Waals surface area contributed by atoms with Gasteiger partial charge in [-0.15, -0.1) is 0 Å². The number of carbonyl (C=O) groups is 1. The van der Waals surface area contributed by atoms with Gasteiger partial charge >= 0.3 is 5.97 Å². The summed E-state index contributed by atoms with van der Waals surface area (Å²) in [4.78, 5) is 11.2. The van der Waals surface area contributed by atoms with Crippen molar-refractivity contribution in [3.05, 3.63) is 35.4 Å². The predicted octanol–water partition coefficient (Wildman–Crippen LogP) is 3.07. The number of hydrogen-bond acceptors (Lipinski definition) is 3. The van der Waals surface area contributed by atoms with Gasteiger partial charge in [0, 0.05) is 13.1 Å². The number of esters is 1. The van der Waals surface area contributed by atoms with Crippen LogP contribution in [0.4, 0.5) is 0 Å². The van der Waals surface area contributed by atoms with Crippen molar-refractivity contribution in [3.63, 3.8) is 0 Å². The van der Waals surface area contributed by atoms with E-state index in [2.05, 4.69) is 29.6 Å². The van der Waals surface area contributed by atoms with Crippen LogP contribution in [-0.4, -0.2) is 19.1 Å². The van der Waals surface area contributed by atoms with Crippen LogP contribution in [0.5, 0.6) is 0 Å². The summed E-state index contributed by atoms with van der Waals surface area (Å²) in [5, 5.41) is 3.27. The molecule has 1 saturated carbocycles. The molecule has 0 unspecified atom stereocenters. The SMILES string of the molecule is CCOC(=O)CCNCc1ccc(CCC2CC2)cc1. The minimum Gasteiger partial charge on any atom is -0.466 e. The molecule has 0 amide bonds. The zero-order valence-corrected chi connectivity index (χ0v) is 12.4. The third kappa shape index (κ3) is 5.74. The average molecular weight is 275 g/mol.